The van der Waals surface area contributed by atoms with E-state index < -0.39 is 33.5 Å². The highest BCUT2D eigenvalue weighted by atomic mass is 32.2. The molecule has 0 unspecified atom stereocenters. The molecule has 4 rings (SSSR count). The van der Waals surface area contributed by atoms with Crippen molar-refractivity contribution in [3.63, 3.8) is 0 Å². The molecule has 1 fully saturated rings. The number of nitrogens with zero attached hydrogens (tertiary/aromatic N) is 2. The molecule has 230 valence electrons. The molecule has 2 amide bonds. The predicted octanol–water partition coefficient (Wildman–Crippen LogP) is 2.71. The van der Waals surface area contributed by atoms with Crippen LogP contribution in [0, 0.1) is 0 Å². The number of hydrogen-bond donors (Lipinski definition) is 4. The van der Waals surface area contributed by atoms with Gasteiger partial charge in [0, 0.05) is 29.8 Å². The van der Waals surface area contributed by atoms with Crippen molar-refractivity contribution in [1.29, 1.82) is 0 Å². The zero-order chi connectivity index (χ0) is 31.0. The van der Waals surface area contributed by atoms with Crippen molar-refractivity contribution in [2.75, 3.05) is 61.6 Å². The quantitative estimate of drug-likeness (QED) is 0.280. The van der Waals surface area contributed by atoms with Crippen molar-refractivity contribution < 1.29 is 45.1 Å². The highest BCUT2D eigenvalue weighted by Gasteiger charge is 2.51. The fraction of sp³-hybridized carbons (Fsp3) is 0.423. The van der Waals surface area contributed by atoms with Gasteiger partial charge < -0.3 is 29.3 Å². The first kappa shape index (κ1) is 32.8. The van der Waals surface area contributed by atoms with E-state index in [1.165, 1.54) is 4.90 Å². The normalized spacial score (nSPS) is 14.5. The lowest BCUT2D eigenvalue weighted by atomic mass is 9.89. The van der Waals surface area contributed by atoms with Gasteiger partial charge in [-0.05, 0) is 43.7 Å². The molecule has 3 heterocycles. The van der Waals surface area contributed by atoms with Gasteiger partial charge >= 0.3 is 12.2 Å². The summed E-state index contributed by atoms with van der Waals surface area (Å²) in [6.45, 7) is 7.49. The molecular formula is C26H33F3N6O6S. The third kappa shape index (κ3) is 10.3. The second-order valence-electron chi connectivity index (χ2n) is 10.0. The van der Waals surface area contributed by atoms with Crippen LogP contribution in [-0.2, 0) is 20.3 Å². The van der Waals surface area contributed by atoms with Gasteiger partial charge in [-0.3, -0.25) is 5.32 Å². The van der Waals surface area contributed by atoms with Crippen LogP contribution in [0.2, 0.25) is 0 Å². The second-order valence-corrected chi connectivity index (χ2v) is 11.4. The summed E-state index contributed by atoms with van der Waals surface area (Å²) in [4.78, 5) is 18.3. The van der Waals surface area contributed by atoms with Gasteiger partial charge in [-0.15, -0.1) is 0 Å². The molecule has 4 N–H and O–H groups in total. The van der Waals surface area contributed by atoms with Crippen LogP contribution in [0.25, 0.3) is 11.1 Å². The number of urea groups is 1. The SMILES string of the molecule is CC(C)(c1cc(NC(=O)Nc2ccc(-c3ccc(NCC[NH+]4CCOCC4)nc3)cc2)no1)C(F)(F)F.CS(=O)(=O)[O-]. The van der Waals surface area contributed by atoms with Crippen LogP contribution >= 0.6 is 0 Å². The molecule has 0 spiro atoms. The Balaban J connectivity index is 0.000000892. The number of hydrogen-bond acceptors (Lipinski definition) is 9. The highest BCUT2D eigenvalue weighted by Crippen LogP contribution is 2.41. The Labute approximate surface area is 241 Å². The number of rotatable bonds is 8. The fourth-order valence-corrected chi connectivity index (χ4v) is 3.74. The molecule has 0 saturated carbocycles. The van der Waals surface area contributed by atoms with E-state index in [4.69, 9.17) is 22.2 Å². The molecule has 1 aromatic carbocycles. The summed E-state index contributed by atoms with van der Waals surface area (Å²) in [6.07, 6.45) is -2.14. The maximum atomic E-state index is 13.2. The van der Waals surface area contributed by atoms with E-state index in [0.29, 0.717) is 11.9 Å². The third-order valence-corrected chi connectivity index (χ3v) is 6.30. The Morgan fingerprint density at radius 2 is 1.64 bits per heavy atom. The highest BCUT2D eigenvalue weighted by molar-refractivity contribution is 7.84. The third-order valence-electron chi connectivity index (χ3n) is 6.30. The van der Waals surface area contributed by atoms with Gasteiger partial charge in [0.25, 0.3) is 0 Å². The topological polar surface area (TPSA) is 163 Å². The summed E-state index contributed by atoms with van der Waals surface area (Å²) in [7, 11) is -3.92. The lowest BCUT2D eigenvalue weighted by Crippen LogP contribution is -3.14. The zero-order valence-corrected chi connectivity index (χ0v) is 24.1. The van der Waals surface area contributed by atoms with Crippen molar-refractivity contribution in [2.45, 2.75) is 25.4 Å². The molecule has 1 saturated heterocycles. The Kier molecular flexibility index (Phi) is 10.9. The number of nitrogens with one attached hydrogen (secondary N) is 4. The smallest absolute Gasteiger partial charge is 0.401 e. The van der Waals surface area contributed by atoms with Crippen molar-refractivity contribution >= 4 is 33.5 Å². The number of carbonyl (C=O) groups excluding carboxylic acids is 1. The minimum Gasteiger partial charge on any atom is -0.748 e. The average Bonchev–Trinajstić information content (AvgIpc) is 3.38. The Hall–Kier alpha value is -3.73. The number of aromatic nitrogens is 2. The van der Waals surface area contributed by atoms with Crippen LogP contribution in [0.4, 0.5) is 35.3 Å². The Morgan fingerprint density at radius 3 is 2.21 bits per heavy atom. The maximum absolute atomic E-state index is 13.2. The number of carbonyl (C=O) groups is 1. The first-order valence-electron chi connectivity index (χ1n) is 12.9. The standard InChI is InChI=1S/C25H29F3N6O3.CH4O3S/c1-24(2,25(26,27)28)20-15-22(33-37-20)32-23(35)31-19-6-3-17(4-7-19)18-5-8-21(30-16-18)29-9-10-34-11-13-36-14-12-34;1-5(2,3)4/h3-8,15-16H,9-14H2,1-2H3,(H,29,30)(H2,31,32,33,35);1H3,(H,2,3,4). The molecule has 3 aromatic rings. The minimum atomic E-state index is -4.52. The van der Waals surface area contributed by atoms with Crippen LogP contribution in [-0.4, -0.2) is 81.0 Å². The Morgan fingerprint density at radius 1 is 1.02 bits per heavy atom. The van der Waals surface area contributed by atoms with Gasteiger partial charge in [-0.25, -0.2) is 18.2 Å². The number of benzene rings is 1. The first-order valence-corrected chi connectivity index (χ1v) is 14.7. The number of anilines is 3. The summed E-state index contributed by atoms with van der Waals surface area (Å²) >= 11 is 0. The van der Waals surface area contributed by atoms with Crippen molar-refractivity contribution in [2.24, 2.45) is 0 Å². The van der Waals surface area contributed by atoms with Gasteiger partial charge in [0.1, 0.15) is 24.3 Å². The van der Waals surface area contributed by atoms with Crippen LogP contribution < -0.4 is 20.9 Å². The summed E-state index contributed by atoms with van der Waals surface area (Å²) < 4.78 is 76.9. The van der Waals surface area contributed by atoms with E-state index in [-0.39, 0.29) is 5.82 Å². The lowest BCUT2D eigenvalue weighted by Gasteiger charge is -2.24. The van der Waals surface area contributed by atoms with Gasteiger partial charge in [-0.2, -0.15) is 13.2 Å². The molecule has 12 nitrogen and oxygen atoms in total. The first-order chi connectivity index (χ1) is 19.6. The molecule has 1 aliphatic heterocycles. The number of ether oxygens (including phenoxy) is 1. The molecule has 0 atom stereocenters. The van der Waals surface area contributed by atoms with Crippen molar-refractivity contribution in [3.05, 3.63) is 54.4 Å². The molecule has 2 aromatic heterocycles. The number of alkyl halides is 3. The number of pyridine rings is 1. The fourth-order valence-electron chi connectivity index (χ4n) is 3.74. The summed E-state index contributed by atoms with van der Waals surface area (Å²) in [5, 5.41) is 11.9. The average molecular weight is 615 g/mol. The van der Waals surface area contributed by atoms with E-state index in [2.05, 4.69) is 26.1 Å². The van der Waals surface area contributed by atoms with Crippen molar-refractivity contribution in [1.82, 2.24) is 10.1 Å². The van der Waals surface area contributed by atoms with Gasteiger partial charge in [0.2, 0.25) is 0 Å². The van der Waals surface area contributed by atoms with Gasteiger partial charge in [-0.1, -0.05) is 17.3 Å². The molecule has 0 bridgehead atoms. The summed E-state index contributed by atoms with van der Waals surface area (Å²) in [5.74, 6) is 0.293. The van der Waals surface area contributed by atoms with E-state index >= 15 is 0 Å². The van der Waals surface area contributed by atoms with E-state index in [9.17, 15) is 18.0 Å². The molecule has 42 heavy (non-hydrogen) atoms. The monoisotopic (exact) mass is 614 g/mol. The number of halogens is 3. The number of amides is 2. The van der Waals surface area contributed by atoms with Crippen LogP contribution in [0.3, 0.4) is 0 Å². The lowest BCUT2D eigenvalue weighted by molar-refractivity contribution is -0.906. The molecule has 16 heteroatoms. The number of quaternary nitrogens is 1. The van der Waals surface area contributed by atoms with E-state index in [1.54, 1.807) is 18.3 Å². The zero-order valence-electron chi connectivity index (χ0n) is 23.2. The second kappa shape index (κ2) is 14.0. The predicted molar refractivity (Wildman–Crippen MR) is 148 cm³/mol. The van der Waals surface area contributed by atoms with E-state index in [1.807, 2.05) is 24.3 Å². The van der Waals surface area contributed by atoms with Crippen LogP contribution in [0.5, 0.6) is 0 Å². The van der Waals surface area contributed by atoms with E-state index in [0.717, 1.165) is 76.3 Å². The van der Waals surface area contributed by atoms with Crippen LogP contribution in [0.1, 0.15) is 19.6 Å². The summed E-state index contributed by atoms with van der Waals surface area (Å²) in [6, 6.07) is 11.4. The minimum absolute atomic E-state index is 0.118. The molecular weight excluding hydrogens is 581 g/mol. The molecule has 1 aliphatic rings. The summed E-state index contributed by atoms with van der Waals surface area (Å²) in [5.41, 5.74) is 0.0950. The Bertz CT molecular complexity index is 1400. The largest absolute Gasteiger partial charge is 0.748 e. The van der Waals surface area contributed by atoms with Crippen LogP contribution in [0.15, 0.2) is 53.2 Å². The maximum Gasteiger partial charge on any atom is 0.401 e. The number of morpholine rings is 1. The molecule has 0 aliphatic carbocycles. The van der Waals surface area contributed by atoms with Gasteiger partial charge in [0.05, 0.1) is 36.4 Å². The molecule has 0 radical (unpaired) electrons. The van der Waals surface area contributed by atoms with Crippen molar-refractivity contribution in [3.8, 4) is 11.1 Å². The van der Waals surface area contributed by atoms with Gasteiger partial charge in [0.15, 0.2) is 11.6 Å².